The van der Waals surface area contributed by atoms with E-state index in [1.165, 1.54) is 6.07 Å². The summed E-state index contributed by atoms with van der Waals surface area (Å²) < 4.78 is 13.0. The molecule has 0 aliphatic carbocycles. The Balaban J connectivity index is 2.31. The van der Waals surface area contributed by atoms with Crippen LogP contribution in [0.15, 0.2) is 18.2 Å². The first-order valence-electron chi connectivity index (χ1n) is 4.92. The molecule has 1 heterocycles. The predicted octanol–water partition coefficient (Wildman–Crippen LogP) is 1.20. The highest BCUT2D eigenvalue weighted by atomic mass is 19.1. The summed E-state index contributed by atoms with van der Waals surface area (Å²) in [6, 6.07) is 4.25. The number of nitrogens with zero attached hydrogens (tertiary/aromatic N) is 1. The Morgan fingerprint density at radius 2 is 2.27 bits per heavy atom. The van der Waals surface area contributed by atoms with Gasteiger partial charge < -0.3 is 10.6 Å². The first-order valence-corrected chi connectivity index (χ1v) is 4.92. The molecule has 0 spiro atoms. The minimum atomic E-state index is -0.407. The van der Waals surface area contributed by atoms with Crippen molar-refractivity contribution in [1.82, 2.24) is 0 Å². The number of anilines is 1. The number of hydrogen-bond donors (Lipinski definition) is 1. The van der Waals surface area contributed by atoms with Gasteiger partial charge in [0.1, 0.15) is 5.82 Å². The number of carbonyl (C=O) groups is 1. The zero-order valence-corrected chi connectivity index (χ0v) is 8.53. The highest BCUT2D eigenvalue weighted by molar-refractivity contribution is 5.99. The number of carbonyl (C=O) groups excluding carboxylic acids is 1. The van der Waals surface area contributed by atoms with E-state index in [9.17, 15) is 9.18 Å². The van der Waals surface area contributed by atoms with Gasteiger partial charge in [-0.15, -0.1) is 0 Å². The summed E-state index contributed by atoms with van der Waals surface area (Å²) >= 11 is 0. The van der Waals surface area contributed by atoms with Gasteiger partial charge in [-0.2, -0.15) is 0 Å². The Hall–Kier alpha value is -1.42. The van der Waals surface area contributed by atoms with Crippen molar-refractivity contribution in [2.75, 3.05) is 11.4 Å². The van der Waals surface area contributed by atoms with Gasteiger partial charge in [-0.1, -0.05) is 0 Å². The van der Waals surface area contributed by atoms with Crippen LogP contribution in [0.4, 0.5) is 10.1 Å². The lowest BCUT2D eigenvalue weighted by Crippen LogP contribution is -2.33. The van der Waals surface area contributed by atoms with Crippen molar-refractivity contribution < 1.29 is 9.18 Å². The van der Waals surface area contributed by atoms with Crippen molar-refractivity contribution in [1.29, 1.82) is 0 Å². The summed E-state index contributed by atoms with van der Waals surface area (Å²) in [5, 5.41) is 0. The van der Waals surface area contributed by atoms with Crippen molar-refractivity contribution >= 4 is 11.6 Å². The molecule has 4 heteroatoms. The van der Waals surface area contributed by atoms with Crippen LogP contribution >= 0.6 is 0 Å². The third-order valence-electron chi connectivity index (χ3n) is 2.70. The lowest BCUT2D eigenvalue weighted by atomic mass is 10.2. The molecule has 0 unspecified atom stereocenters. The average Bonchev–Trinajstić information content (AvgIpc) is 2.53. The van der Waals surface area contributed by atoms with Crippen LogP contribution in [0.2, 0.25) is 0 Å². The van der Waals surface area contributed by atoms with Crippen LogP contribution in [0.5, 0.6) is 0 Å². The van der Waals surface area contributed by atoms with Crippen molar-refractivity contribution in [3.63, 3.8) is 0 Å². The van der Waals surface area contributed by atoms with Crippen molar-refractivity contribution in [2.24, 2.45) is 5.73 Å². The molecular formula is C11H13FN2O. The molecule has 1 fully saturated rings. The first kappa shape index (κ1) is 10.1. The highest BCUT2D eigenvalue weighted by Crippen LogP contribution is 2.22. The molecule has 2 N–H and O–H groups in total. The molecule has 2 rings (SSSR count). The fourth-order valence-electron chi connectivity index (χ4n) is 1.76. The maximum absolute atomic E-state index is 13.0. The van der Waals surface area contributed by atoms with Crippen LogP contribution in [-0.4, -0.2) is 18.5 Å². The molecule has 3 nitrogen and oxygen atoms in total. The van der Waals surface area contributed by atoms with Crippen LogP contribution in [0, 0.1) is 12.7 Å². The first-order chi connectivity index (χ1) is 7.09. The van der Waals surface area contributed by atoms with E-state index in [4.69, 9.17) is 5.73 Å². The lowest BCUT2D eigenvalue weighted by molar-refractivity contribution is -0.118. The third kappa shape index (κ3) is 1.72. The summed E-state index contributed by atoms with van der Waals surface area (Å²) in [6.07, 6.45) is 0.662. The number of aryl methyl sites for hydroxylation is 1. The molecule has 15 heavy (non-hydrogen) atoms. The van der Waals surface area contributed by atoms with E-state index >= 15 is 0 Å². The molecule has 1 aliphatic heterocycles. The number of amides is 1. The van der Waals surface area contributed by atoms with E-state index in [1.807, 2.05) is 0 Å². The number of rotatable bonds is 1. The van der Waals surface area contributed by atoms with Crippen LogP contribution < -0.4 is 10.6 Å². The largest absolute Gasteiger partial charge is 0.320 e. The average molecular weight is 208 g/mol. The summed E-state index contributed by atoms with van der Waals surface area (Å²) in [5.74, 6) is -0.337. The van der Waals surface area contributed by atoms with E-state index in [2.05, 4.69) is 0 Å². The quantitative estimate of drug-likeness (QED) is 0.753. The second kappa shape index (κ2) is 3.62. The van der Waals surface area contributed by atoms with E-state index in [0.29, 0.717) is 18.5 Å². The Kier molecular flexibility index (Phi) is 2.44. The SMILES string of the molecule is Cc1cc(N2CC[C@@H](N)C2=O)ccc1F. The smallest absolute Gasteiger partial charge is 0.243 e. The standard InChI is InChI=1S/C11H13FN2O/c1-7-6-8(2-3-9(7)12)14-5-4-10(13)11(14)15/h2-3,6,10H,4-5,13H2,1H3/t10-/m1/s1. The zero-order chi connectivity index (χ0) is 11.0. The van der Waals surface area contributed by atoms with Crippen LogP contribution in [0.3, 0.4) is 0 Å². The molecule has 80 valence electrons. The molecule has 0 aromatic heterocycles. The van der Waals surface area contributed by atoms with E-state index in [-0.39, 0.29) is 11.7 Å². The maximum Gasteiger partial charge on any atom is 0.243 e. The fourth-order valence-corrected chi connectivity index (χ4v) is 1.76. The van der Waals surface area contributed by atoms with Crippen LogP contribution in [0.25, 0.3) is 0 Å². The molecule has 0 bridgehead atoms. The molecule has 1 aliphatic rings. The number of hydrogen-bond acceptors (Lipinski definition) is 2. The predicted molar refractivity (Wildman–Crippen MR) is 56.1 cm³/mol. The number of benzene rings is 1. The minimum absolute atomic E-state index is 0.0824. The normalized spacial score (nSPS) is 21.1. The van der Waals surface area contributed by atoms with E-state index in [1.54, 1.807) is 24.0 Å². The van der Waals surface area contributed by atoms with Gasteiger partial charge in [0.25, 0.3) is 0 Å². The van der Waals surface area contributed by atoms with Crippen LogP contribution in [-0.2, 0) is 4.79 Å². The summed E-state index contributed by atoms with van der Waals surface area (Å²) in [4.78, 5) is 13.2. The molecule has 1 aromatic rings. The van der Waals surface area contributed by atoms with Gasteiger partial charge >= 0.3 is 0 Å². The minimum Gasteiger partial charge on any atom is -0.320 e. The highest BCUT2D eigenvalue weighted by Gasteiger charge is 2.29. The van der Waals surface area contributed by atoms with Crippen molar-refractivity contribution in [3.05, 3.63) is 29.6 Å². The van der Waals surface area contributed by atoms with E-state index < -0.39 is 6.04 Å². The Bertz CT molecular complexity index is 406. The molecule has 1 amide bonds. The Morgan fingerprint density at radius 3 is 2.80 bits per heavy atom. The van der Waals surface area contributed by atoms with Crippen LogP contribution in [0.1, 0.15) is 12.0 Å². The summed E-state index contributed by atoms with van der Waals surface area (Å²) in [7, 11) is 0. The fraction of sp³-hybridized carbons (Fsp3) is 0.364. The molecule has 0 saturated carbocycles. The summed E-state index contributed by atoms with van der Waals surface area (Å²) in [6.45, 7) is 2.30. The molecule has 1 saturated heterocycles. The van der Waals surface area contributed by atoms with Gasteiger partial charge in [0.2, 0.25) is 5.91 Å². The molecule has 0 radical (unpaired) electrons. The topological polar surface area (TPSA) is 46.3 Å². The monoisotopic (exact) mass is 208 g/mol. The molecular weight excluding hydrogens is 195 g/mol. The number of halogens is 1. The van der Waals surface area contributed by atoms with Gasteiger partial charge in [-0.25, -0.2) is 4.39 Å². The molecule has 1 atom stereocenters. The van der Waals surface area contributed by atoms with Gasteiger partial charge in [-0.05, 0) is 37.1 Å². The molecule has 1 aromatic carbocycles. The number of nitrogens with two attached hydrogens (primary N) is 1. The zero-order valence-electron chi connectivity index (χ0n) is 8.53. The second-order valence-corrected chi connectivity index (χ2v) is 3.82. The lowest BCUT2D eigenvalue weighted by Gasteiger charge is -2.16. The van der Waals surface area contributed by atoms with Crippen molar-refractivity contribution in [3.8, 4) is 0 Å². The second-order valence-electron chi connectivity index (χ2n) is 3.82. The van der Waals surface area contributed by atoms with Gasteiger partial charge in [0.05, 0.1) is 6.04 Å². The van der Waals surface area contributed by atoms with Gasteiger partial charge in [0, 0.05) is 12.2 Å². The Labute approximate surface area is 87.7 Å². The van der Waals surface area contributed by atoms with E-state index in [0.717, 1.165) is 5.69 Å². The van der Waals surface area contributed by atoms with Crippen molar-refractivity contribution in [2.45, 2.75) is 19.4 Å². The summed E-state index contributed by atoms with van der Waals surface area (Å²) in [5.41, 5.74) is 6.88. The Morgan fingerprint density at radius 1 is 1.53 bits per heavy atom. The third-order valence-corrected chi connectivity index (χ3v) is 2.70. The maximum atomic E-state index is 13.0. The van der Waals surface area contributed by atoms with Gasteiger partial charge in [0.15, 0.2) is 0 Å². The van der Waals surface area contributed by atoms with Gasteiger partial charge in [-0.3, -0.25) is 4.79 Å².